The minimum atomic E-state index is -1.39. The van der Waals surface area contributed by atoms with Crippen molar-refractivity contribution in [2.45, 2.75) is 6.29 Å². The third-order valence-corrected chi connectivity index (χ3v) is 1.41. The molecule has 0 aromatic rings. The summed E-state index contributed by atoms with van der Waals surface area (Å²) in [7, 11) is 1.21. The van der Waals surface area contributed by atoms with Gasteiger partial charge in [0.1, 0.15) is 0 Å². The lowest BCUT2D eigenvalue weighted by molar-refractivity contribution is -0.157. The van der Waals surface area contributed by atoms with Gasteiger partial charge in [-0.15, -0.1) is 0 Å². The molecular formula is C8H8O5. The molecule has 5 nitrogen and oxygen atoms in total. The first-order chi connectivity index (χ1) is 6.13. The van der Waals surface area contributed by atoms with E-state index in [1.165, 1.54) is 13.2 Å². The average Bonchev–Trinajstić information content (AvgIpc) is 2.09. The van der Waals surface area contributed by atoms with Gasteiger partial charge in [-0.1, -0.05) is 0 Å². The number of cyclic esters (lactones) is 1. The van der Waals surface area contributed by atoms with Gasteiger partial charge in [-0.05, 0) is 6.08 Å². The second-order valence-electron chi connectivity index (χ2n) is 2.29. The molecule has 0 aromatic heterocycles. The average molecular weight is 184 g/mol. The molecule has 1 atom stereocenters. The van der Waals surface area contributed by atoms with Crippen LogP contribution in [0.3, 0.4) is 0 Å². The van der Waals surface area contributed by atoms with Gasteiger partial charge in [0.2, 0.25) is 6.29 Å². The predicted molar refractivity (Wildman–Crippen MR) is 41.3 cm³/mol. The molecule has 0 spiro atoms. The van der Waals surface area contributed by atoms with Gasteiger partial charge in [0.05, 0.1) is 7.11 Å². The predicted octanol–water partition coefficient (Wildman–Crippen LogP) is -0.483. The minimum absolute atomic E-state index is 0.187. The Morgan fingerprint density at radius 1 is 1.69 bits per heavy atom. The number of rotatable bonds is 1. The van der Waals surface area contributed by atoms with Crippen molar-refractivity contribution in [2.24, 2.45) is 0 Å². The maximum Gasteiger partial charge on any atom is 0.333 e. The minimum Gasteiger partial charge on any atom is -0.466 e. The quantitative estimate of drug-likeness (QED) is 0.440. The first-order valence-electron chi connectivity index (χ1n) is 3.50. The summed E-state index contributed by atoms with van der Waals surface area (Å²) in [4.78, 5) is 21.3. The lowest BCUT2D eigenvalue weighted by atomic mass is 10.2. The molecule has 0 aliphatic carbocycles. The molecule has 0 aromatic carbocycles. The van der Waals surface area contributed by atoms with Crippen molar-refractivity contribution in [1.29, 1.82) is 0 Å². The maximum atomic E-state index is 10.7. The van der Waals surface area contributed by atoms with E-state index in [-0.39, 0.29) is 5.57 Å². The summed E-state index contributed by atoms with van der Waals surface area (Å²) in [6.07, 6.45) is 2.07. The van der Waals surface area contributed by atoms with E-state index >= 15 is 0 Å². The number of hydrogen-bond donors (Lipinski definition) is 1. The monoisotopic (exact) mass is 184 g/mol. The van der Waals surface area contributed by atoms with E-state index in [0.717, 1.165) is 12.2 Å². The molecule has 0 unspecified atom stereocenters. The van der Waals surface area contributed by atoms with Crippen LogP contribution in [0.15, 0.2) is 23.8 Å². The number of carbonyl (C=O) groups excluding carboxylic acids is 2. The summed E-state index contributed by atoms with van der Waals surface area (Å²) < 4.78 is 8.73. The topological polar surface area (TPSA) is 72.8 Å². The van der Waals surface area contributed by atoms with Crippen LogP contribution >= 0.6 is 0 Å². The summed E-state index contributed by atoms with van der Waals surface area (Å²) in [5.74, 6) is -1.26. The molecule has 70 valence electrons. The molecule has 13 heavy (non-hydrogen) atoms. The molecule has 1 N–H and O–H groups in total. The number of carbonyl (C=O) groups is 2. The molecule has 0 bridgehead atoms. The lowest BCUT2D eigenvalue weighted by Gasteiger charge is -2.15. The van der Waals surface area contributed by atoms with Gasteiger partial charge in [-0.2, -0.15) is 0 Å². The smallest absolute Gasteiger partial charge is 0.333 e. The van der Waals surface area contributed by atoms with Crippen LogP contribution in [0.5, 0.6) is 0 Å². The Morgan fingerprint density at radius 3 is 2.92 bits per heavy atom. The zero-order chi connectivity index (χ0) is 9.84. The highest BCUT2D eigenvalue weighted by molar-refractivity contribution is 5.87. The zero-order valence-corrected chi connectivity index (χ0v) is 6.89. The van der Waals surface area contributed by atoms with Crippen LogP contribution < -0.4 is 0 Å². The van der Waals surface area contributed by atoms with E-state index in [1.54, 1.807) is 0 Å². The van der Waals surface area contributed by atoms with Crippen molar-refractivity contribution in [3.8, 4) is 0 Å². The fourth-order valence-corrected chi connectivity index (χ4v) is 0.778. The van der Waals surface area contributed by atoms with Gasteiger partial charge in [0, 0.05) is 17.7 Å². The van der Waals surface area contributed by atoms with E-state index in [1.807, 2.05) is 0 Å². The van der Waals surface area contributed by atoms with Crippen LogP contribution in [-0.4, -0.2) is 30.4 Å². The Bertz CT molecular complexity index is 289. The first kappa shape index (κ1) is 9.47. The van der Waals surface area contributed by atoms with Crippen molar-refractivity contribution >= 4 is 11.9 Å². The van der Waals surface area contributed by atoms with Crippen molar-refractivity contribution in [3.05, 3.63) is 23.8 Å². The van der Waals surface area contributed by atoms with E-state index < -0.39 is 18.2 Å². The number of esters is 2. The van der Waals surface area contributed by atoms with Crippen molar-refractivity contribution in [3.63, 3.8) is 0 Å². The summed E-state index contributed by atoms with van der Waals surface area (Å²) >= 11 is 0. The van der Waals surface area contributed by atoms with Gasteiger partial charge in [-0.25, -0.2) is 9.59 Å². The molecule has 0 fully saturated rings. The third kappa shape index (κ3) is 2.41. The summed E-state index contributed by atoms with van der Waals surface area (Å²) in [6.45, 7) is 0. The third-order valence-electron chi connectivity index (χ3n) is 1.41. The van der Waals surface area contributed by atoms with Gasteiger partial charge >= 0.3 is 11.9 Å². The summed E-state index contributed by atoms with van der Waals surface area (Å²) in [5, 5.41) is 9.11. The molecule has 5 heteroatoms. The van der Waals surface area contributed by atoms with Crippen LogP contribution in [0.1, 0.15) is 0 Å². The van der Waals surface area contributed by atoms with Crippen molar-refractivity contribution < 1.29 is 24.2 Å². The van der Waals surface area contributed by atoms with Gasteiger partial charge in [0.15, 0.2) is 0 Å². The molecule has 0 radical (unpaired) electrons. The summed E-state index contributed by atoms with van der Waals surface area (Å²) in [5.41, 5.74) is 0.187. The Morgan fingerprint density at radius 2 is 2.38 bits per heavy atom. The van der Waals surface area contributed by atoms with Crippen LogP contribution in [-0.2, 0) is 19.1 Å². The van der Waals surface area contributed by atoms with Gasteiger partial charge < -0.3 is 14.6 Å². The van der Waals surface area contributed by atoms with E-state index in [2.05, 4.69) is 9.47 Å². The molecule has 1 rings (SSSR count). The van der Waals surface area contributed by atoms with Crippen LogP contribution in [0, 0.1) is 0 Å². The molecular weight excluding hydrogens is 176 g/mol. The maximum absolute atomic E-state index is 10.7. The number of aliphatic hydroxyl groups excluding tert-OH is 1. The zero-order valence-electron chi connectivity index (χ0n) is 6.89. The molecule has 0 saturated carbocycles. The highest BCUT2D eigenvalue weighted by atomic mass is 16.6. The normalized spacial score (nSPS) is 24.3. The Labute approximate surface area is 74.3 Å². The number of hydrogen-bond acceptors (Lipinski definition) is 5. The Hall–Kier alpha value is -1.62. The number of ether oxygens (including phenoxy) is 2. The summed E-state index contributed by atoms with van der Waals surface area (Å²) in [6, 6.07) is 0. The second-order valence-corrected chi connectivity index (χ2v) is 2.29. The SMILES string of the molecule is COC(=O)/C=C1/C=CC(=O)O[C@H]1O. The van der Waals surface area contributed by atoms with Crippen LogP contribution in [0.4, 0.5) is 0 Å². The van der Waals surface area contributed by atoms with Gasteiger partial charge in [-0.3, -0.25) is 0 Å². The van der Waals surface area contributed by atoms with Crippen LogP contribution in [0.2, 0.25) is 0 Å². The Balaban J connectivity index is 2.81. The molecule has 0 saturated heterocycles. The van der Waals surface area contributed by atoms with Crippen molar-refractivity contribution in [2.75, 3.05) is 7.11 Å². The van der Waals surface area contributed by atoms with E-state index in [0.29, 0.717) is 0 Å². The number of methoxy groups -OCH3 is 1. The molecule has 1 heterocycles. The highest BCUT2D eigenvalue weighted by Gasteiger charge is 2.18. The highest BCUT2D eigenvalue weighted by Crippen LogP contribution is 2.12. The Kier molecular flexibility index (Phi) is 2.81. The van der Waals surface area contributed by atoms with Gasteiger partial charge in [0.25, 0.3) is 0 Å². The number of aliphatic hydroxyl groups is 1. The molecule has 1 aliphatic rings. The van der Waals surface area contributed by atoms with E-state index in [9.17, 15) is 9.59 Å². The fourth-order valence-electron chi connectivity index (χ4n) is 0.778. The standard InChI is InChI=1S/C8H8O5/c1-12-7(10)4-5-2-3-6(9)13-8(5)11/h2-4,8,11H,1H3/b5-4-/t8-/m1/s1. The first-order valence-corrected chi connectivity index (χ1v) is 3.50. The lowest BCUT2D eigenvalue weighted by Crippen LogP contribution is -2.22. The largest absolute Gasteiger partial charge is 0.466 e. The molecule has 0 amide bonds. The fraction of sp³-hybridized carbons (Fsp3) is 0.250. The van der Waals surface area contributed by atoms with Crippen molar-refractivity contribution in [1.82, 2.24) is 0 Å². The van der Waals surface area contributed by atoms with E-state index in [4.69, 9.17) is 5.11 Å². The van der Waals surface area contributed by atoms with Crippen LogP contribution in [0.25, 0.3) is 0 Å². The molecule has 1 aliphatic heterocycles. The second kappa shape index (κ2) is 3.86.